The van der Waals surface area contributed by atoms with Crippen molar-refractivity contribution in [2.75, 3.05) is 27.2 Å². The first-order valence-electron chi connectivity index (χ1n) is 3.79. The number of carbonyl (C=O) groups excluding carboxylic acids is 1. The van der Waals surface area contributed by atoms with Gasteiger partial charge in [-0.05, 0) is 14.1 Å². The number of rotatable bonds is 2. The third-order valence-corrected chi connectivity index (χ3v) is 2.21. The molecule has 1 heterocycles. The summed E-state index contributed by atoms with van der Waals surface area (Å²) in [5.41, 5.74) is 5.22. The molecule has 0 saturated carbocycles. The van der Waals surface area contributed by atoms with Crippen LogP contribution in [0.3, 0.4) is 0 Å². The zero-order chi connectivity index (χ0) is 8.43. The molecular formula is C7H15N3O. The van der Waals surface area contributed by atoms with Crippen LogP contribution in [0.25, 0.3) is 0 Å². The molecule has 1 aliphatic rings. The van der Waals surface area contributed by atoms with Crippen LogP contribution in [0.5, 0.6) is 0 Å². The summed E-state index contributed by atoms with van der Waals surface area (Å²) in [6, 6.07) is 0.271. The summed E-state index contributed by atoms with van der Waals surface area (Å²) >= 11 is 0. The van der Waals surface area contributed by atoms with Gasteiger partial charge in [0.1, 0.15) is 0 Å². The van der Waals surface area contributed by atoms with Crippen LogP contribution in [0.4, 0.5) is 0 Å². The molecule has 3 N–H and O–H groups in total. The first-order valence-corrected chi connectivity index (χ1v) is 3.79. The molecule has 11 heavy (non-hydrogen) atoms. The van der Waals surface area contributed by atoms with E-state index >= 15 is 0 Å². The summed E-state index contributed by atoms with van der Waals surface area (Å²) < 4.78 is 0. The van der Waals surface area contributed by atoms with E-state index in [1.54, 1.807) is 0 Å². The van der Waals surface area contributed by atoms with Crippen molar-refractivity contribution in [2.45, 2.75) is 6.04 Å². The molecule has 1 fully saturated rings. The van der Waals surface area contributed by atoms with E-state index in [2.05, 4.69) is 5.32 Å². The molecule has 0 radical (unpaired) electrons. The van der Waals surface area contributed by atoms with Gasteiger partial charge in [-0.3, -0.25) is 4.79 Å². The standard InChI is InChI=1S/C7H15N3O/c1-10(2)6-4-9-3-5(6)7(8)11/h5-6,9H,3-4H2,1-2H3,(H2,8,11). The fourth-order valence-electron chi connectivity index (χ4n) is 1.50. The minimum absolute atomic E-state index is 0.0231. The molecule has 64 valence electrons. The Balaban J connectivity index is 2.58. The number of likely N-dealkylation sites (N-methyl/N-ethyl adjacent to an activating group) is 1. The van der Waals surface area contributed by atoms with Gasteiger partial charge < -0.3 is 16.0 Å². The maximum atomic E-state index is 10.9. The molecule has 4 heteroatoms. The summed E-state index contributed by atoms with van der Waals surface area (Å²) in [7, 11) is 3.93. The second kappa shape index (κ2) is 3.19. The van der Waals surface area contributed by atoms with Crippen LogP contribution in [0, 0.1) is 5.92 Å². The first-order chi connectivity index (χ1) is 5.13. The number of nitrogens with zero attached hydrogens (tertiary/aromatic N) is 1. The van der Waals surface area contributed by atoms with E-state index < -0.39 is 0 Å². The number of hydrogen-bond donors (Lipinski definition) is 2. The van der Waals surface area contributed by atoms with Crippen LogP contribution in [0.15, 0.2) is 0 Å². The second-order valence-electron chi connectivity index (χ2n) is 3.20. The number of amides is 1. The quantitative estimate of drug-likeness (QED) is 0.519. The molecule has 0 bridgehead atoms. The Morgan fingerprint density at radius 1 is 1.55 bits per heavy atom. The van der Waals surface area contributed by atoms with Gasteiger partial charge in [0.25, 0.3) is 0 Å². The molecule has 0 aromatic carbocycles. The summed E-state index contributed by atoms with van der Waals surface area (Å²) in [5, 5.41) is 3.14. The topological polar surface area (TPSA) is 58.4 Å². The lowest BCUT2D eigenvalue weighted by atomic mass is 10.0. The fraction of sp³-hybridized carbons (Fsp3) is 0.857. The van der Waals surface area contributed by atoms with Crippen molar-refractivity contribution in [2.24, 2.45) is 11.7 Å². The van der Waals surface area contributed by atoms with E-state index in [0.29, 0.717) is 0 Å². The number of nitrogens with two attached hydrogens (primary N) is 1. The number of carbonyl (C=O) groups is 1. The Labute approximate surface area is 66.7 Å². The average molecular weight is 157 g/mol. The van der Waals surface area contributed by atoms with Crippen molar-refractivity contribution in [3.8, 4) is 0 Å². The van der Waals surface area contributed by atoms with Crippen molar-refractivity contribution in [1.29, 1.82) is 0 Å². The summed E-state index contributed by atoms with van der Waals surface area (Å²) in [6.45, 7) is 1.58. The SMILES string of the molecule is CN(C)C1CNCC1C(N)=O. The van der Waals surface area contributed by atoms with E-state index in [-0.39, 0.29) is 17.9 Å². The fourth-order valence-corrected chi connectivity index (χ4v) is 1.50. The van der Waals surface area contributed by atoms with Gasteiger partial charge in [0.05, 0.1) is 5.92 Å². The van der Waals surface area contributed by atoms with Crippen molar-refractivity contribution in [1.82, 2.24) is 10.2 Å². The Kier molecular flexibility index (Phi) is 2.46. The van der Waals surface area contributed by atoms with Crippen LogP contribution in [0.2, 0.25) is 0 Å². The van der Waals surface area contributed by atoms with Gasteiger partial charge in [0.2, 0.25) is 5.91 Å². The third-order valence-electron chi connectivity index (χ3n) is 2.21. The molecule has 4 nitrogen and oxygen atoms in total. The maximum absolute atomic E-state index is 10.9. The molecular weight excluding hydrogens is 142 g/mol. The van der Waals surface area contributed by atoms with Crippen LogP contribution in [0.1, 0.15) is 0 Å². The summed E-state index contributed by atoms with van der Waals surface area (Å²) in [5.74, 6) is -0.223. The molecule has 1 amide bonds. The molecule has 0 aromatic rings. The normalized spacial score (nSPS) is 31.2. The van der Waals surface area contributed by atoms with Crippen LogP contribution in [-0.4, -0.2) is 44.0 Å². The highest BCUT2D eigenvalue weighted by atomic mass is 16.1. The Morgan fingerprint density at radius 2 is 2.18 bits per heavy atom. The van der Waals surface area contributed by atoms with Gasteiger partial charge in [-0.25, -0.2) is 0 Å². The highest BCUT2D eigenvalue weighted by molar-refractivity contribution is 5.78. The molecule has 2 unspecified atom stereocenters. The van der Waals surface area contributed by atoms with Crippen molar-refractivity contribution < 1.29 is 4.79 Å². The van der Waals surface area contributed by atoms with Crippen molar-refractivity contribution >= 4 is 5.91 Å². The van der Waals surface area contributed by atoms with Gasteiger partial charge in [0, 0.05) is 19.1 Å². The van der Waals surface area contributed by atoms with Gasteiger partial charge in [-0.1, -0.05) is 0 Å². The highest BCUT2D eigenvalue weighted by Crippen LogP contribution is 2.12. The van der Waals surface area contributed by atoms with E-state index in [4.69, 9.17) is 5.73 Å². The molecule has 1 saturated heterocycles. The smallest absolute Gasteiger partial charge is 0.223 e. The molecule has 0 aromatic heterocycles. The Morgan fingerprint density at radius 3 is 2.55 bits per heavy atom. The molecule has 1 aliphatic heterocycles. The lowest BCUT2D eigenvalue weighted by Gasteiger charge is -2.22. The average Bonchev–Trinajstić information content (AvgIpc) is 2.32. The molecule has 2 atom stereocenters. The Bertz CT molecular complexity index is 158. The minimum Gasteiger partial charge on any atom is -0.369 e. The van der Waals surface area contributed by atoms with Crippen molar-refractivity contribution in [3.05, 3.63) is 0 Å². The monoisotopic (exact) mass is 157 g/mol. The lowest BCUT2D eigenvalue weighted by molar-refractivity contribution is -0.122. The highest BCUT2D eigenvalue weighted by Gasteiger charge is 2.32. The molecule has 1 rings (SSSR count). The molecule has 0 aliphatic carbocycles. The number of nitrogens with one attached hydrogen (secondary N) is 1. The maximum Gasteiger partial charge on any atom is 0.223 e. The predicted molar refractivity (Wildman–Crippen MR) is 43.0 cm³/mol. The van der Waals surface area contributed by atoms with E-state index in [1.165, 1.54) is 0 Å². The zero-order valence-electron chi connectivity index (χ0n) is 7.00. The van der Waals surface area contributed by atoms with Gasteiger partial charge in [0.15, 0.2) is 0 Å². The third kappa shape index (κ3) is 1.70. The second-order valence-corrected chi connectivity index (χ2v) is 3.20. The largest absolute Gasteiger partial charge is 0.369 e. The van der Waals surface area contributed by atoms with Gasteiger partial charge in [-0.2, -0.15) is 0 Å². The minimum atomic E-state index is -0.200. The molecule has 0 spiro atoms. The number of primary amides is 1. The predicted octanol–water partition coefficient (Wildman–Crippen LogP) is -1.38. The van der Waals surface area contributed by atoms with Gasteiger partial charge in [-0.15, -0.1) is 0 Å². The summed E-state index contributed by atoms with van der Waals surface area (Å²) in [4.78, 5) is 12.9. The summed E-state index contributed by atoms with van der Waals surface area (Å²) in [6.07, 6.45) is 0. The van der Waals surface area contributed by atoms with Crippen molar-refractivity contribution in [3.63, 3.8) is 0 Å². The van der Waals surface area contributed by atoms with E-state index in [0.717, 1.165) is 13.1 Å². The number of hydrogen-bond acceptors (Lipinski definition) is 3. The van der Waals surface area contributed by atoms with Crippen LogP contribution < -0.4 is 11.1 Å². The van der Waals surface area contributed by atoms with E-state index in [9.17, 15) is 4.79 Å². The van der Waals surface area contributed by atoms with Crippen LogP contribution in [-0.2, 0) is 4.79 Å². The van der Waals surface area contributed by atoms with E-state index in [1.807, 2.05) is 19.0 Å². The Hall–Kier alpha value is -0.610. The van der Waals surface area contributed by atoms with Gasteiger partial charge >= 0.3 is 0 Å². The lowest BCUT2D eigenvalue weighted by Crippen LogP contribution is -2.41. The first kappa shape index (κ1) is 8.49. The van der Waals surface area contributed by atoms with Crippen LogP contribution >= 0.6 is 0 Å². The zero-order valence-corrected chi connectivity index (χ0v) is 7.00.